The molecule has 0 saturated heterocycles. The number of ether oxygens (including phenoxy) is 7. The Balaban J connectivity index is 1.11. The molecule has 3 rings (SSSR count). The maximum Gasteiger partial charge on any atom is 0.269 e. The van der Waals surface area contributed by atoms with Crippen molar-refractivity contribution in [1.29, 1.82) is 0 Å². The summed E-state index contributed by atoms with van der Waals surface area (Å²) < 4.78 is 45.8. The molecular weight excluding hydrogens is 634 g/mol. The van der Waals surface area contributed by atoms with Gasteiger partial charge in [0.05, 0.1) is 90.8 Å². The second kappa shape index (κ2) is 22.4. The van der Waals surface area contributed by atoms with Gasteiger partial charge in [0, 0.05) is 12.1 Å². The first-order valence-electron chi connectivity index (χ1n) is 16.4. The molecule has 0 unspecified atom stereocenters. The van der Waals surface area contributed by atoms with Gasteiger partial charge in [0.25, 0.3) is 14.0 Å². The van der Waals surface area contributed by atoms with Gasteiger partial charge in [0.15, 0.2) is 0 Å². The number of hydrogen-bond donors (Lipinski definition) is 0. The molecule has 0 N–H and O–H groups in total. The Hall–Kier alpha value is -3.20. The number of nitro benzene ring substituents is 1. The lowest BCUT2D eigenvalue weighted by Crippen LogP contribution is -2.66. The summed E-state index contributed by atoms with van der Waals surface area (Å²) in [5.74, 6) is 0.559. The van der Waals surface area contributed by atoms with Crippen LogP contribution in [0.2, 0.25) is 5.04 Å². The first-order valence-corrected chi connectivity index (χ1v) is 18.3. The fourth-order valence-electron chi connectivity index (χ4n) is 5.10. The Morgan fingerprint density at radius 2 is 0.875 bits per heavy atom. The number of non-ortho nitro benzene ring substituents is 1. The zero-order valence-corrected chi connectivity index (χ0v) is 29.5. The molecule has 0 aliphatic rings. The van der Waals surface area contributed by atoms with E-state index < -0.39 is 13.2 Å². The van der Waals surface area contributed by atoms with E-state index in [1.54, 1.807) is 12.1 Å². The first kappa shape index (κ1) is 39.2. The van der Waals surface area contributed by atoms with Crippen LogP contribution in [-0.4, -0.2) is 106 Å². The van der Waals surface area contributed by atoms with Crippen molar-refractivity contribution in [3.8, 4) is 5.75 Å². The fourth-order valence-corrected chi connectivity index (χ4v) is 9.64. The lowest BCUT2D eigenvalue weighted by Gasteiger charge is -2.43. The number of rotatable bonds is 26. The van der Waals surface area contributed by atoms with Crippen molar-refractivity contribution in [2.75, 3.05) is 92.5 Å². The highest BCUT2D eigenvalue weighted by atomic mass is 28.4. The highest BCUT2D eigenvalue weighted by Gasteiger charge is 2.50. The SMILES string of the molecule is CC(C)(C)[Si](OCCOCCOCCOCCOCCOCCOCCOc1ccc([N+](=O)[O-])cc1)(c1ccccc1)c1ccccc1. The number of hydrogen-bond acceptors (Lipinski definition) is 10. The van der Waals surface area contributed by atoms with Crippen molar-refractivity contribution in [3.63, 3.8) is 0 Å². The van der Waals surface area contributed by atoms with Gasteiger partial charge in [-0.3, -0.25) is 10.1 Å². The zero-order chi connectivity index (χ0) is 34.3. The lowest BCUT2D eigenvalue weighted by molar-refractivity contribution is -0.384. The predicted molar refractivity (Wildman–Crippen MR) is 187 cm³/mol. The molecule has 3 aromatic rings. The molecule has 0 spiro atoms. The van der Waals surface area contributed by atoms with E-state index in [0.29, 0.717) is 98.2 Å². The summed E-state index contributed by atoms with van der Waals surface area (Å²) in [6.07, 6.45) is 0. The lowest BCUT2D eigenvalue weighted by atomic mass is 10.2. The van der Waals surface area contributed by atoms with Gasteiger partial charge in [-0.25, -0.2) is 0 Å². The molecule has 0 radical (unpaired) electrons. The minimum Gasteiger partial charge on any atom is -0.491 e. The Morgan fingerprint density at radius 3 is 1.23 bits per heavy atom. The summed E-state index contributed by atoms with van der Waals surface area (Å²) in [5, 5.41) is 13.1. The first-order chi connectivity index (χ1) is 23.3. The van der Waals surface area contributed by atoms with Gasteiger partial charge in [-0.15, -0.1) is 0 Å². The normalized spacial score (nSPS) is 11.9. The summed E-state index contributed by atoms with van der Waals surface area (Å²) in [5.41, 5.74) is 0.0283. The van der Waals surface area contributed by atoms with Gasteiger partial charge < -0.3 is 37.6 Å². The van der Waals surface area contributed by atoms with Gasteiger partial charge >= 0.3 is 0 Å². The van der Waals surface area contributed by atoms with E-state index in [1.165, 1.54) is 22.5 Å². The van der Waals surface area contributed by atoms with Crippen molar-refractivity contribution >= 4 is 24.4 Å². The highest BCUT2D eigenvalue weighted by Crippen LogP contribution is 2.36. The molecule has 0 amide bonds. The van der Waals surface area contributed by atoms with E-state index in [0.717, 1.165) is 0 Å². The molecule has 0 fully saturated rings. The van der Waals surface area contributed by atoms with Gasteiger partial charge in [-0.2, -0.15) is 0 Å². The largest absolute Gasteiger partial charge is 0.491 e. The Bertz CT molecular complexity index is 1220. The molecule has 0 aromatic heterocycles. The predicted octanol–water partition coefficient (Wildman–Crippen LogP) is 4.65. The third-order valence-corrected chi connectivity index (χ3v) is 12.4. The molecule has 0 aliphatic carbocycles. The summed E-state index contributed by atoms with van der Waals surface area (Å²) >= 11 is 0. The second-order valence-electron chi connectivity index (χ2n) is 11.8. The number of nitro groups is 1. The maximum absolute atomic E-state index is 10.7. The maximum atomic E-state index is 10.7. The Labute approximate surface area is 285 Å². The van der Waals surface area contributed by atoms with Crippen LogP contribution in [0, 0.1) is 10.1 Å². The summed E-state index contributed by atoms with van der Waals surface area (Å²) in [6, 6.07) is 27.1. The van der Waals surface area contributed by atoms with Crippen LogP contribution in [0.1, 0.15) is 20.8 Å². The number of nitrogens with zero attached hydrogens (tertiary/aromatic N) is 1. The van der Waals surface area contributed by atoms with E-state index in [1.807, 2.05) is 12.1 Å². The van der Waals surface area contributed by atoms with Crippen LogP contribution in [0.5, 0.6) is 5.75 Å². The van der Waals surface area contributed by atoms with Gasteiger partial charge in [0.1, 0.15) is 12.4 Å². The molecule has 3 aromatic carbocycles. The van der Waals surface area contributed by atoms with Gasteiger partial charge in [-0.1, -0.05) is 81.4 Å². The van der Waals surface area contributed by atoms with Crippen LogP contribution in [0.15, 0.2) is 84.9 Å². The van der Waals surface area contributed by atoms with E-state index in [-0.39, 0.29) is 10.7 Å². The van der Waals surface area contributed by atoms with Crippen LogP contribution in [0.4, 0.5) is 5.69 Å². The molecule has 12 heteroatoms. The van der Waals surface area contributed by atoms with Crippen molar-refractivity contribution in [1.82, 2.24) is 0 Å². The van der Waals surface area contributed by atoms with Crippen LogP contribution in [0.3, 0.4) is 0 Å². The Morgan fingerprint density at radius 1 is 0.521 bits per heavy atom. The highest BCUT2D eigenvalue weighted by molar-refractivity contribution is 6.99. The van der Waals surface area contributed by atoms with E-state index in [9.17, 15) is 10.1 Å². The molecule has 0 atom stereocenters. The van der Waals surface area contributed by atoms with Crippen LogP contribution in [-0.2, 0) is 32.8 Å². The van der Waals surface area contributed by atoms with Crippen LogP contribution < -0.4 is 15.1 Å². The third kappa shape index (κ3) is 13.7. The van der Waals surface area contributed by atoms with Gasteiger partial charge in [0.2, 0.25) is 0 Å². The molecule has 264 valence electrons. The molecule has 0 heterocycles. The number of benzene rings is 3. The fraction of sp³-hybridized carbons (Fsp3) is 0.500. The molecule has 0 saturated carbocycles. The monoisotopic (exact) mass is 685 g/mol. The smallest absolute Gasteiger partial charge is 0.269 e. The molecule has 0 aliphatic heterocycles. The molecule has 48 heavy (non-hydrogen) atoms. The summed E-state index contributed by atoms with van der Waals surface area (Å²) in [6.45, 7) is 13.3. The average molecular weight is 686 g/mol. The topological polar surface area (TPSA) is 117 Å². The Kier molecular flexibility index (Phi) is 18.3. The van der Waals surface area contributed by atoms with Crippen LogP contribution in [0.25, 0.3) is 0 Å². The summed E-state index contributed by atoms with van der Waals surface area (Å²) in [4.78, 5) is 10.2. The van der Waals surface area contributed by atoms with Crippen molar-refractivity contribution in [3.05, 3.63) is 95.0 Å². The van der Waals surface area contributed by atoms with Crippen molar-refractivity contribution in [2.45, 2.75) is 25.8 Å². The molecule has 11 nitrogen and oxygen atoms in total. The zero-order valence-electron chi connectivity index (χ0n) is 28.5. The minimum atomic E-state index is -2.54. The minimum absolute atomic E-state index is 0.0283. The third-order valence-electron chi connectivity index (χ3n) is 7.37. The van der Waals surface area contributed by atoms with Gasteiger partial charge in [-0.05, 0) is 27.5 Å². The molecular formula is C36H51NO10Si. The van der Waals surface area contributed by atoms with E-state index >= 15 is 0 Å². The standard InChI is InChI=1S/C36H51NO10Si/c1-36(2,3)48(34-10-6-4-7-11-34,35-12-8-5-9-13-35)47-31-29-45-27-25-43-23-21-41-19-18-40-20-22-42-24-26-44-28-30-46-33-16-14-32(15-17-33)37(38)39/h4-17H,18-31H2,1-3H3. The van der Waals surface area contributed by atoms with Crippen LogP contribution >= 0.6 is 0 Å². The van der Waals surface area contributed by atoms with E-state index in [4.69, 9.17) is 37.6 Å². The molecule has 0 bridgehead atoms. The van der Waals surface area contributed by atoms with Crippen molar-refractivity contribution in [2.24, 2.45) is 0 Å². The second-order valence-corrected chi connectivity index (χ2v) is 16.1. The van der Waals surface area contributed by atoms with E-state index in [2.05, 4.69) is 69.3 Å². The average Bonchev–Trinajstić information content (AvgIpc) is 3.09. The summed E-state index contributed by atoms with van der Waals surface area (Å²) in [7, 11) is -2.54. The quantitative estimate of drug-likeness (QED) is 0.0512. The van der Waals surface area contributed by atoms with Crippen molar-refractivity contribution < 1.29 is 42.5 Å².